The molecule has 0 bridgehead atoms. The van der Waals surface area contributed by atoms with Gasteiger partial charge in [-0.15, -0.1) is 0 Å². The molecule has 5 N–H and O–H groups in total. The van der Waals surface area contributed by atoms with E-state index < -0.39 is 31.4 Å². The summed E-state index contributed by atoms with van der Waals surface area (Å²) in [6.45, 7) is -1.06. The summed E-state index contributed by atoms with van der Waals surface area (Å²) in [7, 11) is 0. The van der Waals surface area contributed by atoms with Crippen molar-refractivity contribution in [3.63, 3.8) is 0 Å². The van der Waals surface area contributed by atoms with Crippen molar-refractivity contribution in [1.29, 1.82) is 0 Å². The van der Waals surface area contributed by atoms with Crippen LogP contribution in [0, 0.1) is 0 Å². The lowest BCUT2D eigenvalue weighted by Gasteiger charge is -2.37. The number of hydrogen-bond acceptors (Lipinski definition) is 5. The number of amides is 1. The van der Waals surface area contributed by atoms with Gasteiger partial charge in [0.1, 0.15) is 5.54 Å². The van der Waals surface area contributed by atoms with E-state index in [1.54, 1.807) is 0 Å². The molecule has 6 nitrogen and oxygen atoms in total. The third-order valence-corrected chi connectivity index (χ3v) is 2.70. The Balaban J connectivity index is 2.84. The molecule has 0 aromatic heterocycles. The van der Waals surface area contributed by atoms with Gasteiger partial charge < -0.3 is 26.0 Å². The predicted molar refractivity (Wildman–Crippen MR) is 48.3 cm³/mol. The van der Waals surface area contributed by atoms with E-state index in [9.17, 15) is 4.79 Å². The Hall–Kier alpha value is -0.690. The molecule has 0 spiro atoms. The highest BCUT2D eigenvalue weighted by Gasteiger charge is 2.43. The molecule has 0 aromatic carbocycles. The zero-order valence-electron chi connectivity index (χ0n) is 7.89. The van der Waals surface area contributed by atoms with Gasteiger partial charge in [-0.25, -0.2) is 0 Å². The van der Waals surface area contributed by atoms with E-state index in [0.29, 0.717) is 13.0 Å². The van der Waals surface area contributed by atoms with E-state index in [1.807, 2.05) is 0 Å². The van der Waals surface area contributed by atoms with E-state index in [4.69, 9.17) is 21.1 Å². The van der Waals surface area contributed by atoms with Crippen LogP contribution in [0.5, 0.6) is 0 Å². The van der Waals surface area contributed by atoms with Crippen molar-refractivity contribution in [1.82, 2.24) is 4.90 Å². The Morgan fingerprint density at radius 2 is 1.86 bits per heavy atom. The molecule has 1 fully saturated rings. The number of aliphatic hydroxyl groups is 3. The molecule has 0 aliphatic carbocycles. The van der Waals surface area contributed by atoms with Gasteiger partial charge in [-0.1, -0.05) is 0 Å². The van der Waals surface area contributed by atoms with Crippen LogP contribution in [0.2, 0.25) is 0 Å². The molecule has 1 heterocycles. The number of hydrogen-bond donors (Lipinski definition) is 4. The van der Waals surface area contributed by atoms with Gasteiger partial charge in [0.2, 0.25) is 5.91 Å². The van der Waals surface area contributed by atoms with Gasteiger partial charge in [-0.2, -0.15) is 0 Å². The highest BCUT2D eigenvalue weighted by atomic mass is 16.3. The Kier molecular flexibility index (Phi) is 3.43. The largest absolute Gasteiger partial charge is 0.394 e. The van der Waals surface area contributed by atoms with Crippen molar-refractivity contribution in [2.45, 2.75) is 18.0 Å². The van der Waals surface area contributed by atoms with Crippen molar-refractivity contribution in [2.24, 2.45) is 5.73 Å². The fourth-order valence-corrected chi connectivity index (χ4v) is 1.58. The number of carbonyl (C=O) groups is 1. The molecule has 0 aromatic rings. The Morgan fingerprint density at radius 3 is 2.14 bits per heavy atom. The second-order valence-corrected chi connectivity index (χ2v) is 3.58. The summed E-state index contributed by atoms with van der Waals surface area (Å²) < 4.78 is 0. The lowest BCUT2D eigenvalue weighted by molar-refractivity contribution is -0.141. The maximum absolute atomic E-state index is 11.5. The summed E-state index contributed by atoms with van der Waals surface area (Å²) in [6, 6.07) is -0.584. The second-order valence-electron chi connectivity index (χ2n) is 3.58. The summed E-state index contributed by atoms with van der Waals surface area (Å²) in [5.41, 5.74) is 4.22. The van der Waals surface area contributed by atoms with Crippen LogP contribution in [0.15, 0.2) is 0 Å². The van der Waals surface area contributed by atoms with Gasteiger partial charge in [0, 0.05) is 6.54 Å². The van der Waals surface area contributed by atoms with Crippen LogP contribution >= 0.6 is 0 Å². The molecule has 0 saturated carbocycles. The molecule has 82 valence electrons. The third kappa shape index (κ3) is 1.61. The van der Waals surface area contributed by atoms with E-state index in [2.05, 4.69) is 0 Å². The summed E-state index contributed by atoms with van der Waals surface area (Å²) in [5, 5.41) is 27.3. The van der Waals surface area contributed by atoms with Crippen molar-refractivity contribution in [3.05, 3.63) is 0 Å². The lowest BCUT2D eigenvalue weighted by Crippen LogP contribution is -2.58. The van der Waals surface area contributed by atoms with Gasteiger partial charge >= 0.3 is 0 Å². The minimum Gasteiger partial charge on any atom is -0.394 e. The number of rotatable bonds is 4. The molecule has 0 radical (unpaired) electrons. The van der Waals surface area contributed by atoms with Crippen molar-refractivity contribution in [3.8, 4) is 0 Å². The number of carbonyl (C=O) groups excluding carboxylic acids is 1. The number of aliphatic hydroxyl groups excluding tert-OH is 3. The second kappa shape index (κ2) is 4.22. The Bertz CT molecular complexity index is 209. The third-order valence-electron chi connectivity index (χ3n) is 2.70. The standard InChI is InChI=1S/C8H16N2O4/c9-6-1-2-10(7(6)14)8(3-11,4-12)5-13/h6,11-13H,1-5,9H2. The lowest BCUT2D eigenvalue weighted by atomic mass is 10.0. The highest BCUT2D eigenvalue weighted by molar-refractivity contribution is 5.84. The Labute approximate surface area is 81.9 Å². The van der Waals surface area contributed by atoms with Crippen molar-refractivity contribution < 1.29 is 20.1 Å². The summed E-state index contributed by atoms with van der Waals surface area (Å²) >= 11 is 0. The minimum absolute atomic E-state index is 0.331. The molecule has 1 aliphatic rings. The first-order chi connectivity index (χ1) is 6.61. The smallest absolute Gasteiger partial charge is 0.240 e. The molecule has 1 unspecified atom stereocenters. The van der Waals surface area contributed by atoms with Gasteiger partial charge in [-0.05, 0) is 6.42 Å². The quantitative estimate of drug-likeness (QED) is 0.397. The molecular weight excluding hydrogens is 188 g/mol. The van der Waals surface area contributed by atoms with Crippen LogP contribution in [-0.2, 0) is 4.79 Å². The molecule has 1 saturated heterocycles. The van der Waals surface area contributed by atoms with Crippen LogP contribution in [-0.4, -0.2) is 64.1 Å². The van der Waals surface area contributed by atoms with Gasteiger partial charge in [0.05, 0.1) is 25.9 Å². The van der Waals surface area contributed by atoms with Gasteiger partial charge in [0.15, 0.2) is 0 Å². The topological polar surface area (TPSA) is 107 Å². The maximum Gasteiger partial charge on any atom is 0.240 e. The molecule has 1 amide bonds. The van der Waals surface area contributed by atoms with E-state index in [0.717, 1.165) is 0 Å². The fourth-order valence-electron chi connectivity index (χ4n) is 1.58. The van der Waals surface area contributed by atoms with Crippen LogP contribution in [0.4, 0.5) is 0 Å². The highest BCUT2D eigenvalue weighted by Crippen LogP contribution is 2.21. The first-order valence-electron chi connectivity index (χ1n) is 4.51. The minimum atomic E-state index is -1.27. The molecule has 1 atom stereocenters. The van der Waals surface area contributed by atoms with Crippen molar-refractivity contribution >= 4 is 5.91 Å². The van der Waals surface area contributed by atoms with E-state index in [1.165, 1.54) is 4.90 Å². The molecule has 1 rings (SSSR count). The predicted octanol–water partition coefficient (Wildman–Crippen LogP) is -2.74. The van der Waals surface area contributed by atoms with Crippen LogP contribution in [0.25, 0.3) is 0 Å². The molecular formula is C8H16N2O4. The zero-order valence-corrected chi connectivity index (χ0v) is 7.89. The van der Waals surface area contributed by atoms with E-state index in [-0.39, 0.29) is 5.91 Å². The van der Waals surface area contributed by atoms with E-state index >= 15 is 0 Å². The van der Waals surface area contributed by atoms with Gasteiger partial charge in [0.25, 0.3) is 0 Å². The first kappa shape index (κ1) is 11.4. The number of likely N-dealkylation sites (tertiary alicyclic amines) is 1. The summed E-state index contributed by atoms with van der Waals surface area (Å²) in [6.07, 6.45) is 0.487. The molecule has 6 heteroatoms. The van der Waals surface area contributed by atoms with Gasteiger partial charge in [-0.3, -0.25) is 4.79 Å². The maximum atomic E-state index is 11.5. The average Bonchev–Trinajstić information content (AvgIpc) is 2.54. The monoisotopic (exact) mass is 204 g/mol. The molecule has 14 heavy (non-hydrogen) atoms. The normalized spacial score (nSPS) is 23.3. The van der Waals surface area contributed by atoms with Crippen molar-refractivity contribution in [2.75, 3.05) is 26.4 Å². The summed E-state index contributed by atoms with van der Waals surface area (Å²) in [4.78, 5) is 12.8. The van der Waals surface area contributed by atoms with Crippen LogP contribution < -0.4 is 5.73 Å². The zero-order chi connectivity index (χ0) is 10.8. The van der Waals surface area contributed by atoms with Crippen LogP contribution in [0.1, 0.15) is 6.42 Å². The SMILES string of the molecule is NC1CCN(C(CO)(CO)CO)C1=O. The average molecular weight is 204 g/mol. The van der Waals surface area contributed by atoms with Crippen LogP contribution in [0.3, 0.4) is 0 Å². The molecule has 1 aliphatic heterocycles. The summed E-state index contributed by atoms with van der Waals surface area (Å²) in [5.74, 6) is -0.331. The number of nitrogens with zero attached hydrogens (tertiary/aromatic N) is 1. The first-order valence-corrected chi connectivity index (χ1v) is 4.51. The fraction of sp³-hybridized carbons (Fsp3) is 0.875. The Morgan fingerprint density at radius 1 is 1.36 bits per heavy atom. The number of nitrogens with two attached hydrogens (primary N) is 1.